The fourth-order valence-corrected chi connectivity index (χ4v) is 0.997. The fourth-order valence-electron chi connectivity index (χ4n) is 0.997. The molecule has 0 aliphatic heterocycles. The molecular formula is C11H26Cl2N2O2. The summed E-state index contributed by atoms with van der Waals surface area (Å²) in [5, 5.41) is 0. The summed E-state index contributed by atoms with van der Waals surface area (Å²) >= 11 is 0. The Kier molecular flexibility index (Phi) is 16.2. The molecule has 0 aliphatic rings. The van der Waals surface area contributed by atoms with E-state index in [9.17, 15) is 4.79 Å². The molecule has 0 radical (unpaired) electrons. The predicted octanol–water partition coefficient (Wildman–Crippen LogP) is 1.88. The average molecular weight is 289 g/mol. The summed E-state index contributed by atoms with van der Waals surface area (Å²) in [6.07, 6.45) is 3.31. The van der Waals surface area contributed by atoms with Crippen LogP contribution >= 0.6 is 24.8 Å². The van der Waals surface area contributed by atoms with Crippen molar-refractivity contribution in [3.05, 3.63) is 0 Å². The van der Waals surface area contributed by atoms with E-state index >= 15 is 0 Å². The minimum absolute atomic E-state index is 0. The molecule has 0 spiro atoms. The highest BCUT2D eigenvalue weighted by Crippen LogP contribution is 2.13. The van der Waals surface area contributed by atoms with E-state index in [1.807, 2.05) is 13.8 Å². The number of carbonyl (C=O) groups is 1. The molecule has 4 N–H and O–H groups in total. The second kappa shape index (κ2) is 12.4. The second-order valence-corrected chi connectivity index (χ2v) is 4.63. The third kappa shape index (κ3) is 13.9. The van der Waals surface area contributed by atoms with E-state index < -0.39 is 0 Å². The van der Waals surface area contributed by atoms with Crippen LogP contribution in [-0.2, 0) is 9.53 Å². The van der Waals surface area contributed by atoms with Gasteiger partial charge in [-0.15, -0.1) is 24.8 Å². The minimum atomic E-state index is -0.131. The zero-order valence-electron chi connectivity index (χ0n) is 10.7. The largest absolute Gasteiger partial charge is 0.465 e. The van der Waals surface area contributed by atoms with E-state index in [0.29, 0.717) is 26.1 Å². The maximum atomic E-state index is 11.3. The Morgan fingerprint density at radius 3 is 2.18 bits per heavy atom. The maximum absolute atomic E-state index is 11.3. The Labute approximate surface area is 117 Å². The molecule has 0 aliphatic carbocycles. The number of unbranched alkanes of at least 4 members (excludes halogenated alkanes) is 2. The molecule has 0 atom stereocenters. The molecule has 0 saturated heterocycles. The van der Waals surface area contributed by atoms with Crippen LogP contribution in [0.15, 0.2) is 0 Å². The second-order valence-electron chi connectivity index (χ2n) is 4.63. The lowest BCUT2D eigenvalue weighted by molar-refractivity contribution is -0.146. The monoisotopic (exact) mass is 288 g/mol. The van der Waals surface area contributed by atoms with Gasteiger partial charge in [0.2, 0.25) is 0 Å². The first-order valence-corrected chi connectivity index (χ1v) is 5.57. The molecule has 0 saturated carbocycles. The molecule has 0 heterocycles. The van der Waals surface area contributed by atoms with Crippen molar-refractivity contribution in [2.45, 2.75) is 39.5 Å². The molecule has 0 aromatic rings. The molecule has 0 rings (SSSR count). The van der Waals surface area contributed by atoms with E-state index in [-0.39, 0.29) is 36.2 Å². The molecule has 17 heavy (non-hydrogen) atoms. The number of ether oxygens (including phenoxy) is 1. The SMILES string of the molecule is CC(C)(CN)COC(=O)CCCCCN.Cl.Cl. The predicted molar refractivity (Wildman–Crippen MR) is 75.8 cm³/mol. The Bertz CT molecular complexity index is 190. The van der Waals surface area contributed by atoms with Gasteiger partial charge in [-0.2, -0.15) is 0 Å². The van der Waals surface area contributed by atoms with Crippen LogP contribution in [-0.4, -0.2) is 25.7 Å². The Hall–Kier alpha value is -0.0300. The van der Waals surface area contributed by atoms with Crippen LogP contribution in [0.5, 0.6) is 0 Å². The first-order chi connectivity index (χ1) is 7.02. The number of esters is 1. The highest BCUT2D eigenvalue weighted by molar-refractivity contribution is 5.85. The van der Waals surface area contributed by atoms with Crippen molar-refractivity contribution < 1.29 is 9.53 Å². The van der Waals surface area contributed by atoms with E-state index in [1.165, 1.54) is 0 Å². The van der Waals surface area contributed by atoms with Crippen LogP contribution in [0.4, 0.5) is 0 Å². The van der Waals surface area contributed by atoms with Gasteiger partial charge < -0.3 is 16.2 Å². The van der Waals surface area contributed by atoms with Crippen molar-refractivity contribution >= 4 is 30.8 Å². The smallest absolute Gasteiger partial charge is 0.305 e. The first-order valence-electron chi connectivity index (χ1n) is 5.57. The van der Waals surface area contributed by atoms with E-state index in [4.69, 9.17) is 16.2 Å². The highest BCUT2D eigenvalue weighted by atomic mass is 35.5. The van der Waals surface area contributed by atoms with Crippen molar-refractivity contribution in [2.75, 3.05) is 19.7 Å². The van der Waals surface area contributed by atoms with Gasteiger partial charge in [-0.05, 0) is 19.4 Å². The number of nitrogens with two attached hydrogens (primary N) is 2. The lowest BCUT2D eigenvalue weighted by atomic mass is 9.95. The van der Waals surface area contributed by atoms with Crippen LogP contribution in [0.1, 0.15) is 39.5 Å². The van der Waals surface area contributed by atoms with E-state index in [1.54, 1.807) is 0 Å². The summed E-state index contributed by atoms with van der Waals surface area (Å²) in [7, 11) is 0. The van der Waals surface area contributed by atoms with Crippen LogP contribution in [0, 0.1) is 5.41 Å². The number of hydrogen-bond donors (Lipinski definition) is 2. The highest BCUT2D eigenvalue weighted by Gasteiger charge is 2.17. The van der Waals surface area contributed by atoms with Gasteiger partial charge in [-0.1, -0.05) is 20.3 Å². The molecule has 0 fully saturated rings. The molecule has 6 heteroatoms. The molecular weight excluding hydrogens is 263 g/mol. The van der Waals surface area contributed by atoms with E-state index in [0.717, 1.165) is 19.3 Å². The molecule has 0 unspecified atom stereocenters. The van der Waals surface area contributed by atoms with Crippen LogP contribution in [0.2, 0.25) is 0 Å². The summed E-state index contributed by atoms with van der Waals surface area (Å²) in [6.45, 7) is 5.57. The molecule has 0 aromatic carbocycles. The standard InChI is InChI=1S/C11H24N2O2.2ClH/c1-11(2,8-13)9-15-10(14)6-4-3-5-7-12;;/h3-9,12-13H2,1-2H3;2*1H. The zero-order valence-corrected chi connectivity index (χ0v) is 12.4. The van der Waals surface area contributed by atoms with Gasteiger partial charge in [0.05, 0.1) is 6.61 Å². The third-order valence-corrected chi connectivity index (χ3v) is 2.26. The minimum Gasteiger partial charge on any atom is -0.465 e. The summed E-state index contributed by atoms with van der Waals surface area (Å²) in [4.78, 5) is 11.3. The van der Waals surface area contributed by atoms with Crippen molar-refractivity contribution in [3.8, 4) is 0 Å². The zero-order chi connectivity index (χ0) is 11.7. The molecule has 106 valence electrons. The molecule has 0 bridgehead atoms. The number of halogens is 2. The lowest BCUT2D eigenvalue weighted by Gasteiger charge is -2.21. The number of rotatable bonds is 8. The van der Waals surface area contributed by atoms with Crippen LogP contribution in [0.3, 0.4) is 0 Å². The quantitative estimate of drug-likeness (QED) is 0.528. The van der Waals surface area contributed by atoms with Crippen molar-refractivity contribution in [1.29, 1.82) is 0 Å². The van der Waals surface area contributed by atoms with Gasteiger partial charge in [0.1, 0.15) is 0 Å². The fraction of sp³-hybridized carbons (Fsp3) is 0.909. The van der Waals surface area contributed by atoms with Crippen molar-refractivity contribution in [3.63, 3.8) is 0 Å². The average Bonchev–Trinajstić information content (AvgIpc) is 2.22. The molecule has 0 aromatic heterocycles. The van der Waals surface area contributed by atoms with Crippen molar-refractivity contribution in [2.24, 2.45) is 16.9 Å². The van der Waals surface area contributed by atoms with Gasteiger partial charge in [-0.3, -0.25) is 4.79 Å². The summed E-state index contributed by atoms with van der Waals surface area (Å²) in [6, 6.07) is 0. The summed E-state index contributed by atoms with van der Waals surface area (Å²) < 4.78 is 5.13. The summed E-state index contributed by atoms with van der Waals surface area (Å²) in [5.74, 6) is -0.131. The topological polar surface area (TPSA) is 78.3 Å². The summed E-state index contributed by atoms with van der Waals surface area (Å²) in [5.41, 5.74) is 10.8. The van der Waals surface area contributed by atoms with Crippen LogP contribution < -0.4 is 11.5 Å². The number of hydrogen-bond acceptors (Lipinski definition) is 4. The van der Waals surface area contributed by atoms with Crippen molar-refractivity contribution in [1.82, 2.24) is 0 Å². The normalized spacial score (nSPS) is 10.1. The molecule has 0 amide bonds. The van der Waals surface area contributed by atoms with Gasteiger partial charge >= 0.3 is 5.97 Å². The van der Waals surface area contributed by atoms with Gasteiger partial charge in [0.15, 0.2) is 0 Å². The van der Waals surface area contributed by atoms with Gasteiger partial charge in [0.25, 0.3) is 0 Å². The Morgan fingerprint density at radius 2 is 1.71 bits per heavy atom. The third-order valence-electron chi connectivity index (χ3n) is 2.26. The van der Waals surface area contributed by atoms with E-state index in [2.05, 4.69) is 0 Å². The first kappa shape index (κ1) is 22.2. The van der Waals surface area contributed by atoms with Crippen LogP contribution in [0.25, 0.3) is 0 Å². The number of carbonyl (C=O) groups excluding carboxylic acids is 1. The molecule has 4 nitrogen and oxygen atoms in total. The Balaban J connectivity index is -0.000000980. The van der Waals surface area contributed by atoms with Gasteiger partial charge in [0, 0.05) is 18.4 Å². The Morgan fingerprint density at radius 1 is 1.12 bits per heavy atom. The lowest BCUT2D eigenvalue weighted by Crippen LogP contribution is -2.30. The maximum Gasteiger partial charge on any atom is 0.305 e. The van der Waals surface area contributed by atoms with Gasteiger partial charge in [-0.25, -0.2) is 0 Å².